The van der Waals surface area contributed by atoms with E-state index in [1.807, 2.05) is 0 Å². The van der Waals surface area contributed by atoms with E-state index in [4.69, 9.17) is 19.6 Å². The van der Waals surface area contributed by atoms with Crippen molar-refractivity contribution in [3.63, 3.8) is 0 Å². The highest BCUT2D eigenvalue weighted by atomic mass is 32.2. The Morgan fingerprint density at radius 2 is 1.38 bits per heavy atom. The van der Waals surface area contributed by atoms with E-state index in [0.29, 0.717) is 11.9 Å². The highest BCUT2D eigenvalue weighted by Crippen LogP contribution is 2.62. The van der Waals surface area contributed by atoms with Crippen molar-refractivity contribution in [1.82, 2.24) is 3.85 Å². The number of hydrogen-bond acceptors (Lipinski definition) is 3. The molecule has 80 valence electrons. The number of nitrogens with zero attached hydrogens (tertiary/aromatic N) is 1. The van der Waals surface area contributed by atoms with Gasteiger partial charge in [0.15, 0.2) is 0 Å². The fourth-order valence-electron chi connectivity index (χ4n) is 0.463. The molecule has 0 bridgehead atoms. The van der Waals surface area contributed by atoms with Gasteiger partial charge in [-0.3, -0.25) is 0 Å². The summed E-state index contributed by atoms with van der Waals surface area (Å²) in [6.45, 7) is 3.12. The highest BCUT2D eigenvalue weighted by molar-refractivity contribution is 8.06. The smallest absolute Gasteiger partial charge is 0.312 e. The molecule has 10 heteroatoms. The summed E-state index contributed by atoms with van der Waals surface area (Å²) in [5.74, 6) is 0. The van der Waals surface area contributed by atoms with E-state index >= 15 is 0 Å². The lowest BCUT2D eigenvalue weighted by Crippen LogP contribution is -2.11. The second kappa shape index (κ2) is 4.42. The lowest BCUT2D eigenvalue weighted by molar-refractivity contribution is 0.310. The minimum atomic E-state index is -4.92. The summed E-state index contributed by atoms with van der Waals surface area (Å²) in [6, 6.07) is 0. The zero-order valence-corrected chi connectivity index (χ0v) is 9.54. The minimum absolute atomic E-state index is 0.176. The van der Waals surface area contributed by atoms with Gasteiger partial charge in [-0.1, -0.05) is 29.6 Å². The van der Waals surface area contributed by atoms with Gasteiger partial charge in [-0.15, -0.1) is 0 Å². The Hall–Kier alpha value is 0.610. The summed E-state index contributed by atoms with van der Waals surface area (Å²) >= 11 is 0.421. The first kappa shape index (κ1) is 13.6. The first-order valence-corrected chi connectivity index (χ1v) is 7.10. The summed E-state index contributed by atoms with van der Waals surface area (Å²) < 4.78 is 21.1. The summed E-state index contributed by atoms with van der Waals surface area (Å²) in [5, 5.41) is -0.333. The van der Waals surface area contributed by atoms with Crippen LogP contribution < -0.4 is 0 Å². The molecular weight excluding hydrogens is 240 g/mol. The van der Waals surface area contributed by atoms with Gasteiger partial charge in [0.05, 0.1) is 0 Å². The first-order chi connectivity index (χ1) is 5.55. The Bertz CT molecular complexity index is 235. The van der Waals surface area contributed by atoms with Crippen LogP contribution in [-0.4, -0.2) is 28.7 Å². The molecule has 0 fully saturated rings. The molecule has 0 spiro atoms. The van der Waals surface area contributed by atoms with Gasteiger partial charge >= 0.3 is 15.5 Å². The van der Waals surface area contributed by atoms with Crippen LogP contribution in [0.15, 0.2) is 0 Å². The van der Waals surface area contributed by atoms with Crippen LogP contribution in [0.25, 0.3) is 0 Å². The Kier molecular flexibility index (Phi) is 4.63. The summed E-state index contributed by atoms with van der Waals surface area (Å²) in [4.78, 5) is 34.3. The summed E-state index contributed by atoms with van der Waals surface area (Å²) in [5.41, 5.74) is 0. The molecule has 0 radical (unpaired) electrons. The van der Waals surface area contributed by atoms with Gasteiger partial charge < -0.3 is 19.6 Å². The third-order valence-corrected chi connectivity index (χ3v) is 5.49. The van der Waals surface area contributed by atoms with Crippen molar-refractivity contribution >= 4 is 27.4 Å². The third kappa shape index (κ3) is 5.15. The zero-order chi connectivity index (χ0) is 10.9. The molecule has 0 aromatic rings. The van der Waals surface area contributed by atoms with Crippen LogP contribution in [0.2, 0.25) is 0 Å². The average molecular weight is 251 g/mol. The van der Waals surface area contributed by atoms with Crippen LogP contribution >= 0.6 is 27.4 Å². The normalized spacial score (nSPS) is 14.2. The Balaban J connectivity index is 4.80. The van der Waals surface area contributed by atoms with Crippen molar-refractivity contribution in [3.05, 3.63) is 0 Å². The van der Waals surface area contributed by atoms with Crippen molar-refractivity contribution in [3.8, 4) is 0 Å². The molecule has 0 rings (SSSR count). The lowest BCUT2D eigenvalue weighted by Gasteiger charge is -2.23. The summed E-state index contributed by atoms with van der Waals surface area (Å²) in [7, 11) is -9.84. The molecule has 0 heterocycles. The van der Waals surface area contributed by atoms with Crippen LogP contribution in [0, 0.1) is 0 Å². The van der Waals surface area contributed by atoms with Crippen molar-refractivity contribution in [1.29, 1.82) is 0 Å². The minimum Gasteiger partial charge on any atom is -0.312 e. The molecule has 0 aliphatic carbocycles. The predicted molar refractivity (Wildman–Crippen MR) is 48.7 cm³/mol. The maximum atomic E-state index is 10.6. The first-order valence-electron chi connectivity index (χ1n) is 3.14. The van der Waals surface area contributed by atoms with Gasteiger partial charge in [-0.05, 0) is 0 Å². The van der Waals surface area contributed by atoms with Crippen LogP contribution in [0.1, 0.15) is 13.8 Å². The molecule has 0 aliphatic rings. The molecule has 0 aliphatic heterocycles. The molecule has 0 amide bonds. The number of hydrogen-bond donors (Lipinski definition) is 4. The maximum Gasteiger partial charge on any atom is 0.422 e. The fraction of sp³-hybridized carbons (Fsp3) is 1.00. The highest BCUT2D eigenvalue weighted by Gasteiger charge is 2.41. The van der Waals surface area contributed by atoms with E-state index in [1.54, 1.807) is 13.8 Å². The molecule has 0 atom stereocenters. The summed E-state index contributed by atoms with van der Waals surface area (Å²) in [6.07, 6.45) is 0. The second-order valence-electron chi connectivity index (χ2n) is 2.43. The van der Waals surface area contributed by atoms with E-state index in [2.05, 4.69) is 0 Å². The Labute approximate surface area is 79.7 Å². The van der Waals surface area contributed by atoms with Crippen molar-refractivity contribution < 1.29 is 28.7 Å². The quantitative estimate of drug-likeness (QED) is 0.422. The van der Waals surface area contributed by atoms with E-state index in [9.17, 15) is 9.13 Å². The molecule has 4 N–H and O–H groups in total. The Morgan fingerprint density at radius 3 is 1.46 bits per heavy atom. The maximum absolute atomic E-state index is 10.6. The molecule has 7 nitrogen and oxygen atoms in total. The van der Waals surface area contributed by atoms with Gasteiger partial charge in [-0.25, -0.2) is 9.13 Å². The largest absolute Gasteiger partial charge is 0.422 e. The van der Waals surface area contributed by atoms with Crippen molar-refractivity contribution in [2.45, 2.75) is 19.1 Å². The van der Waals surface area contributed by atoms with Gasteiger partial charge in [0.2, 0.25) is 0 Å². The third-order valence-electron chi connectivity index (χ3n) is 0.751. The van der Waals surface area contributed by atoms with E-state index in [0.717, 1.165) is 0 Å². The average Bonchev–Trinajstić information content (AvgIpc) is 1.77. The van der Waals surface area contributed by atoms with Gasteiger partial charge in [0.25, 0.3) is 0 Å². The fourth-order valence-corrected chi connectivity index (χ4v) is 4.17. The van der Waals surface area contributed by atoms with Gasteiger partial charge in [0, 0.05) is 5.25 Å². The monoisotopic (exact) mass is 251 g/mol. The van der Waals surface area contributed by atoms with E-state index in [-0.39, 0.29) is 9.10 Å². The topological polar surface area (TPSA) is 118 Å². The van der Waals surface area contributed by atoms with Gasteiger partial charge in [0.1, 0.15) is 0 Å². The van der Waals surface area contributed by atoms with E-state index in [1.165, 1.54) is 0 Å². The molecule has 0 unspecified atom stereocenters. The molecule has 0 saturated carbocycles. The molecule has 0 saturated heterocycles. The van der Waals surface area contributed by atoms with Crippen molar-refractivity contribution in [2.75, 3.05) is 0 Å². The molecule has 0 aromatic heterocycles. The van der Waals surface area contributed by atoms with Crippen LogP contribution in [-0.2, 0) is 9.13 Å². The van der Waals surface area contributed by atoms with Crippen LogP contribution in [0.4, 0.5) is 0 Å². The standard InChI is InChI=1S/C3H11NO6P2S/c1-3(2)13-4(11(5,6)7)12(8,9)10/h3H,1-2H3,(H2,5,6,7)(H2,8,9,10). The second-order valence-corrected chi connectivity index (χ2v) is 7.66. The van der Waals surface area contributed by atoms with Gasteiger partial charge in [-0.2, -0.15) is 0 Å². The van der Waals surface area contributed by atoms with Crippen LogP contribution in [0.3, 0.4) is 0 Å². The number of rotatable bonds is 4. The zero-order valence-electron chi connectivity index (χ0n) is 6.93. The molecule has 0 aromatic carbocycles. The lowest BCUT2D eigenvalue weighted by atomic mass is 10.6. The molecule has 13 heavy (non-hydrogen) atoms. The Morgan fingerprint density at radius 1 is 1.08 bits per heavy atom. The SMILES string of the molecule is CC(C)SN(P(=O)(O)O)P(=O)(O)O. The molecular formula is C3H11NO6P2S. The van der Waals surface area contributed by atoms with E-state index < -0.39 is 15.5 Å². The van der Waals surface area contributed by atoms with Crippen molar-refractivity contribution in [2.24, 2.45) is 0 Å². The van der Waals surface area contributed by atoms with Crippen LogP contribution in [0.5, 0.6) is 0 Å². The predicted octanol–water partition coefficient (Wildman–Crippen LogP) is 0.530.